The van der Waals surface area contributed by atoms with Crippen LogP contribution in [0.15, 0.2) is 81.3 Å². The molecule has 0 bridgehead atoms. The number of ether oxygens (including phenoxy) is 2. The van der Waals surface area contributed by atoms with E-state index in [1.807, 2.05) is 19.1 Å². The predicted octanol–water partition coefficient (Wildman–Crippen LogP) is 3.68. The van der Waals surface area contributed by atoms with E-state index in [2.05, 4.69) is 5.10 Å². The molecule has 188 valence electrons. The summed E-state index contributed by atoms with van der Waals surface area (Å²) in [6.45, 7) is 1.28. The van der Waals surface area contributed by atoms with E-state index >= 15 is 0 Å². The van der Waals surface area contributed by atoms with Gasteiger partial charge in [-0.3, -0.25) is 9.59 Å². The maximum absolute atomic E-state index is 12.9. The van der Waals surface area contributed by atoms with E-state index in [-0.39, 0.29) is 11.3 Å². The van der Waals surface area contributed by atoms with Crippen LogP contribution in [-0.4, -0.2) is 50.5 Å². The molecule has 0 radical (unpaired) electrons. The number of benzene rings is 2. The molecule has 36 heavy (non-hydrogen) atoms. The van der Waals surface area contributed by atoms with E-state index in [0.717, 1.165) is 11.1 Å². The highest BCUT2D eigenvalue weighted by molar-refractivity contribution is 7.91. The Morgan fingerprint density at radius 1 is 1.08 bits per heavy atom. The molecule has 0 fully saturated rings. The van der Waals surface area contributed by atoms with Crippen LogP contribution in [0.1, 0.15) is 35.8 Å². The standard InChI is InChI=1S/C26H26N2O7S/c1-18-5-11-21(12-6-18)36(31,32)15-13-26(30)35-17-25(29)28-23(24-4-3-14-34-24)16-22(27-28)19-7-9-20(33-2)10-8-19/h3-12,14,23H,13,15-17H2,1-2H3/t23-/m1/s1. The topological polar surface area (TPSA) is 115 Å². The fourth-order valence-electron chi connectivity index (χ4n) is 3.76. The molecule has 1 atom stereocenters. The number of rotatable bonds is 9. The van der Waals surface area contributed by atoms with Crippen LogP contribution >= 0.6 is 0 Å². The minimum absolute atomic E-state index is 0.135. The lowest BCUT2D eigenvalue weighted by molar-refractivity contribution is -0.152. The first-order chi connectivity index (χ1) is 17.3. The third-order valence-electron chi connectivity index (χ3n) is 5.77. The van der Waals surface area contributed by atoms with Crippen LogP contribution in [0.25, 0.3) is 0 Å². The van der Waals surface area contributed by atoms with Crippen LogP contribution in [-0.2, 0) is 24.2 Å². The smallest absolute Gasteiger partial charge is 0.307 e. The van der Waals surface area contributed by atoms with Gasteiger partial charge in [0.15, 0.2) is 16.4 Å². The van der Waals surface area contributed by atoms with Gasteiger partial charge in [0.05, 0.1) is 36.2 Å². The molecule has 1 aliphatic heterocycles. The van der Waals surface area contributed by atoms with Crippen LogP contribution < -0.4 is 4.74 Å². The van der Waals surface area contributed by atoms with Gasteiger partial charge in [-0.05, 0) is 61.0 Å². The normalized spacial score (nSPS) is 15.4. The van der Waals surface area contributed by atoms with Crippen molar-refractivity contribution < 1.29 is 31.9 Å². The second kappa shape index (κ2) is 10.8. The van der Waals surface area contributed by atoms with Gasteiger partial charge in [0.2, 0.25) is 0 Å². The molecule has 0 N–H and O–H groups in total. The van der Waals surface area contributed by atoms with E-state index in [4.69, 9.17) is 13.9 Å². The first-order valence-corrected chi connectivity index (χ1v) is 12.9. The number of carbonyl (C=O) groups is 2. The minimum Gasteiger partial charge on any atom is -0.497 e. The Hall–Kier alpha value is -3.92. The molecule has 2 aromatic carbocycles. The molecule has 0 saturated carbocycles. The van der Waals surface area contributed by atoms with Crippen molar-refractivity contribution in [2.45, 2.75) is 30.7 Å². The fourth-order valence-corrected chi connectivity index (χ4v) is 4.98. The molecule has 1 aliphatic rings. The third kappa shape index (κ3) is 5.83. The maximum Gasteiger partial charge on any atom is 0.307 e. The van der Waals surface area contributed by atoms with Crippen molar-refractivity contribution in [3.8, 4) is 5.75 Å². The largest absolute Gasteiger partial charge is 0.497 e. The van der Waals surface area contributed by atoms with Gasteiger partial charge < -0.3 is 13.9 Å². The molecule has 9 nitrogen and oxygen atoms in total. The van der Waals surface area contributed by atoms with Gasteiger partial charge in [0, 0.05) is 6.42 Å². The molecular weight excluding hydrogens is 484 g/mol. The molecule has 4 rings (SSSR count). The summed E-state index contributed by atoms with van der Waals surface area (Å²) in [6, 6.07) is 16.7. The SMILES string of the molecule is COc1ccc(C2=NN(C(=O)COC(=O)CCS(=O)(=O)c3ccc(C)cc3)[C@@H](c3ccco3)C2)cc1. The summed E-state index contributed by atoms with van der Waals surface area (Å²) in [6.07, 6.45) is 1.55. The zero-order valence-electron chi connectivity index (χ0n) is 19.9. The molecular formula is C26H26N2O7S. The Bertz CT molecular complexity index is 1350. The zero-order valence-corrected chi connectivity index (χ0v) is 20.7. The van der Waals surface area contributed by atoms with Gasteiger partial charge in [-0.15, -0.1) is 0 Å². The number of carbonyl (C=O) groups excluding carboxylic acids is 2. The van der Waals surface area contributed by atoms with Crippen LogP contribution in [0.3, 0.4) is 0 Å². The molecule has 0 aliphatic carbocycles. The lowest BCUT2D eigenvalue weighted by Gasteiger charge is -2.19. The molecule has 1 aromatic heterocycles. The summed E-state index contributed by atoms with van der Waals surface area (Å²) in [5.41, 5.74) is 2.42. The van der Waals surface area contributed by atoms with E-state index in [1.165, 1.54) is 23.4 Å². The Kier molecular flexibility index (Phi) is 7.54. The predicted molar refractivity (Wildman–Crippen MR) is 131 cm³/mol. The van der Waals surface area contributed by atoms with Gasteiger partial charge in [-0.25, -0.2) is 13.4 Å². The highest BCUT2D eigenvalue weighted by atomic mass is 32.2. The lowest BCUT2D eigenvalue weighted by Crippen LogP contribution is -2.31. The molecule has 10 heteroatoms. The molecule has 0 unspecified atom stereocenters. The first-order valence-electron chi connectivity index (χ1n) is 11.3. The lowest BCUT2D eigenvalue weighted by atomic mass is 10.0. The van der Waals surface area contributed by atoms with Crippen LogP contribution in [0, 0.1) is 6.92 Å². The van der Waals surface area contributed by atoms with Crippen molar-refractivity contribution in [3.63, 3.8) is 0 Å². The summed E-state index contributed by atoms with van der Waals surface area (Å²) < 4.78 is 40.7. The van der Waals surface area contributed by atoms with Gasteiger partial charge >= 0.3 is 5.97 Å². The second-order valence-corrected chi connectivity index (χ2v) is 10.4. The highest BCUT2D eigenvalue weighted by Crippen LogP contribution is 2.33. The molecule has 0 spiro atoms. The van der Waals surface area contributed by atoms with Gasteiger partial charge in [-0.1, -0.05) is 17.7 Å². The Morgan fingerprint density at radius 3 is 2.44 bits per heavy atom. The summed E-state index contributed by atoms with van der Waals surface area (Å²) in [5.74, 6) is -0.501. The number of hydrogen-bond donors (Lipinski definition) is 0. The van der Waals surface area contributed by atoms with Gasteiger partial charge in [0.1, 0.15) is 17.6 Å². The van der Waals surface area contributed by atoms with Crippen LogP contribution in [0.4, 0.5) is 0 Å². The fraction of sp³-hybridized carbons (Fsp3) is 0.269. The van der Waals surface area contributed by atoms with E-state index in [0.29, 0.717) is 23.6 Å². The second-order valence-electron chi connectivity index (χ2n) is 8.29. The first kappa shape index (κ1) is 25.2. The summed E-state index contributed by atoms with van der Waals surface area (Å²) in [4.78, 5) is 25.3. The van der Waals surface area contributed by atoms with E-state index in [1.54, 1.807) is 43.5 Å². The van der Waals surface area contributed by atoms with Crippen molar-refractivity contribution in [1.82, 2.24) is 5.01 Å². The summed E-state index contributed by atoms with van der Waals surface area (Å²) in [7, 11) is -2.07. The quantitative estimate of drug-likeness (QED) is 0.403. The van der Waals surface area contributed by atoms with E-state index < -0.39 is 40.1 Å². The number of furan rings is 1. The molecule has 1 amide bonds. The number of sulfone groups is 1. The van der Waals surface area contributed by atoms with Gasteiger partial charge in [0.25, 0.3) is 5.91 Å². The Labute approximate surface area is 209 Å². The van der Waals surface area contributed by atoms with Crippen molar-refractivity contribution in [2.75, 3.05) is 19.5 Å². The number of aryl methyl sites for hydroxylation is 1. The van der Waals surface area contributed by atoms with Crippen molar-refractivity contribution in [1.29, 1.82) is 0 Å². The number of nitrogens with zero attached hydrogens (tertiary/aromatic N) is 2. The minimum atomic E-state index is -3.65. The zero-order chi connectivity index (χ0) is 25.7. The molecule has 2 heterocycles. The van der Waals surface area contributed by atoms with E-state index in [9.17, 15) is 18.0 Å². The summed E-state index contributed by atoms with van der Waals surface area (Å²) >= 11 is 0. The Balaban J connectivity index is 1.39. The number of hydrogen-bond acceptors (Lipinski definition) is 8. The van der Waals surface area contributed by atoms with Crippen molar-refractivity contribution >= 4 is 27.4 Å². The average Bonchev–Trinajstić information content (AvgIpc) is 3.57. The Morgan fingerprint density at radius 2 is 1.81 bits per heavy atom. The third-order valence-corrected chi connectivity index (χ3v) is 7.50. The molecule has 3 aromatic rings. The summed E-state index contributed by atoms with van der Waals surface area (Å²) in [5, 5.41) is 5.72. The average molecular weight is 511 g/mol. The molecule has 0 saturated heterocycles. The number of hydrazone groups is 1. The van der Waals surface area contributed by atoms with Crippen LogP contribution in [0.5, 0.6) is 5.75 Å². The number of esters is 1. The van der Waals surface area contributed by atoms with Crippen molar-refractivity contribution in [2.24, 2.45) is 5.10 Å². The highest BCUT2D eigenvalue weighted by Gasteiger charge is 2.35. The number of methoxy groups -OCH3 is 1. The van der Waals surface area contributed by atoms with Crippen molar-refractivity contribution in [3.05, 3.63) is 83.8 Å². The van der Waals surface area contributed by atoms with Crippen LogP contribution in [0.2, 0.25) is 0 Å². The maximum atomic E-state index is 12.9. The van der Waals surface area contributed by atoms with Gasteiger partial charge in [-0.2, -0.15) is 5.10 Å². The number of amides is 1. The monoisotopic (exact) mass is 510 g/mol.